The quantitative estimate of drug-likeness (QED) is 0.377. The van der Waals surface area contributed by atoms with Gasteiger partial charge in [0.2, 0.25) is 0 Å². The number of benzene rings is 1. The Bertz CT molecular complexity index is 481. The zero-order valence-corrected chi connectivity index (χ0v) is 21.4. The van der Waals surface area contributed by atoms with E-state index in [9.17, 15) is 5.11 Å². The zero-order valence-electron chi connectivity index (χ0n) is 17.4. The first-order valence-corrected chi connectivity index (χ1v) is 15.0. The van der Waals surface area contributed by atoms with Crippen molar-refractivity contribution in [1.29, 1.82) is 0 Å². The van der Waals surface area contributed by atoms with E-state index in [2.05, 4.69) is 70.3 Å². The van der Waals surface area contributed by atoms with Crippen molar-refractivity contribution in [2.75, 3.05) is 0 Å². The molecule has 1 fully saturated rings. The Kier molecular flexibility index (Phi) is 14.3. The number of rotatable bonds is 4. The van der Waals surface area contributed by atoms with E-state index in [1.165, 1.54) is 24.8 Å². The fraction of sp³-hybridized carbons (Fsp3) is 0.619. The van der Waals surface area contributed by atoms with Crippen LogP contribution < -0.4 is 5.32 Å². The number of hydrogen-bond donors (Lipinski definition) is 2. The fourth-order valence-corrected chi connectivity index (χ4v) is 3.45. The second-order valence-corrected chi connectivity index (χ2v) is 11.9. The molecule has 0 amide bonds. The van der Waals surface area contributed by atoms with Crippen LogP contribution in [0.5, 0.6) is 0 Å². The molecule has 1 aromatic rings. The van der Waals surface area contributed by atoms with Crippen molar-refractivity contribution in [1.82, 2.24) is 5.32 Å². The van der Waals surface area contributed by atoms with Gasteiger partial charge in [0, 0.05) is 11.0 Å². The van der Waals surface area contributed by atoms with Crippen molar-refractivity contribution in [2.24, 2.45) is 17.3 Å². The van der Waals surface area contributed by atoms with Crippen molar-refractivity contribution >= 4 is 17.0 Å². The Labute approximate surface area is 181 Å². The third kappa shape index (κ3) is 8.31. The van der Waals surface area contributed by atoms with Gasteiger partial charge in [0.15, 0.2) is 0 Å². The molecule has 1 aromatic carbocycles. The molecule has 1 aliphatic rings. The van der Waals surface area contributed by atoms with Crippen LogP contribution in [0.1, 0.15) is 59.4 Å². The molecule has 1 saturated carbocycles. The van der Waals surface area contributed by atoms with Gasteiger partial charge >= 0.3 is 37.9 Å². The molecule has 0 aromatic heterocycles. The van der Waals surface area contributed by atoms with Crippen LogP contribution in [0.15, 0.2) is 30.3 Å². The van der Waals surface area contributed by atoms with Gasteiger partial charge < -0.3 is 20.0 Å². The summed E-state index contributed by atoms with van der Waals surface area (Å²) in [6.45, 7) is 10.8. The maximum absolute atomic E-state index is 10.6. The molecule has 150 valence electrons. The van der Waals surface area contributed by atoms with E-state index in [4.69, 9.17) is 17.0 Å². The Morgan fingerprint density at radius 3 is 1.96 bits per heavy atom. The molecule has 4 atom stereocenters. The average molecular weight is 482 g/mol. The molecular formula is C21H37Cl2NOZr. The predicted octanol–water partition coefficient (Wildman–Crippen LogP) is 6.57. The molecular weight excluding hydrogens is 444 g/mol. The zero-order chi connectivity index (χ0) is 18.4. The average Bonchev–Trinajstić information content (AvgIpc) is 2.95. The van der Waals surface area contributed by atoms with E-state index < -0.39 is 27.1 Å². The van der Waals surface area contributed by atoms with E-state index in [1.54, 1.807) is 0 Å². The minimum absolute atomic E-state index is 0. The summed E-state index contributed by atoms with van der Waals surface area (Å²) in [6, 6.07) is 10.6. The van der Waals surface area contributed by atoms with E-state index in [-0.39, 0.29) is 25.8 Å². The van der Waals surface area contributed by atoms with E-state index >= 15 is 0 Å². The summed E-state index contributed by atoms with van der Waals surface area (Å²) in [7, 11) is 9.87. The van der Waals surface area contributed by atoms with Gasteiger partial charge in [-0.05, 0) is 37.2 Å². The molecule has 5 heteroatoms. The summed E-state index contributed by atoms with van der Waals surface area (Å²) in [5.74, 6) is 1.36. The first-order chi connectivity index (χ1) is 11.1. The van der Waals surface area contributed by atoms with Gasteiger partial charge in [-0.2, -0.15) is 0 Å². The van der Waals surface area contributed by atoms with Crippen LogP contribution in [0.2, 0.25) is 0 Å². The predicted molar refractivity (Wildman–Crippen MR) is 113 cm³/mol. The normalized spacial score (nSPS) is 22.5. The molecule has 0 aliphatic heterocycles. The van der Waals surface area contributed by atoms with Crippen molar-refractivity contribution in [3.05, 3.63) is 50.7 Å². The standard InChI is InChI=1S/C19H31NO.2CH3.2ClH.Zr/c1-14-11-12-16(13-14)19(5,15-9-7-6-8-10-15)20-17(21)18(2,3)4;;;;;/h6-10,14,16-17,20-21H,11-13H2,1-5H3;2*1H3;2*1H;/q;2*-1;;;+4/p-2/t14?,16?,17?,19-;;;;;/m1...../s1. The Hall–Kier alpha value is 0.603. The molecule has 2 N–H and O–H groups in total. The first kappa shape index (κ1) is 28.8. The molecule has 3 unspecified atom stereocenters. The van der Waals surface area contributed by atoms with E-state index in [0.29, 0.717) is 5.92 Å². The van der Waals surface area contributed by atoms with Gasteiger partial charge in [-0.1, -0.05) is 64.4 Å². The third-order valence-electron chi connectivity index (χ3n) is 5.14. The van der Waals surface area contributed by atoms with Gasteiger partial charge in [0.1, 0.15) is 6.23 Å². The molecule has 0 spiro atoms. The van der Waals surface area contributed by atoms with Gasteiger partial charge in [-0.15, -0.1) is 0 Å². The number of aliphatic hydroxyl groups is 1. The van der Waals surface area contributed by atoms with E-state index in [1.807, 2.05) is 0 Å². The molecule has 0 bridgehead atoms. The van der Waals surface area contributed by atoms with Crippen LogP contribution in [0.3, 0.4) is 0 Å². The van der Waals surface area contributed by atoms with Gasteiger partial charge in [0.25, 0.3) is 0 Å². The molecule has 2 rings (SSSR count). The van der Waals surface area contributed by atoms with Crippen LogP contribution in [-0.2, 0) is 26.4 Å². The topological polar surface area (TPSA) is 32.3 Å². The first-order valence-electron chi connectivity index (χ1n) is 8.62. The fourth-order valence-electron chi connectivity index (χ4n) is 3.45. The number of halogens is 2. The number of aliphatic hydroxyl groups excluding tert-OH is 1. The van der Waals surface area contributed by atoms with Crippen molar-refractivity contribution < 1.29 is 26.0 Å². The third-order valence-corrected chi connectivity index (χ3v) is 5.14. The minimum atomic E-state index is -0.826. The molecule has 2 nitrogen and oxygen atoms in total. The SMILES string of the molecule is CC1CCC([C@](C)(NC(O)C(C)(C)C)c2ccccc2)C1.[CH3-].[CH3-].[Cl][Zr+2][Cl]. The summed E-state index contributed by atoms with van der Waals surface area (Å²) in [5, 5.41) is 14.2. The molecule has 0 heterocycles. The van der Waals surface area contributed by atoms with Crippen molar-refractivity contribution in [3.63, 3.8) is 0 Å². The summed E-state index contributed by atoms with van der Waals surface area (Å²) in [4.78, 5) is 0. The summed E-state index contributed by atoms with van der Waals surface area (Å²) < 4.78 is 0. The van der Waals surface area contributed by atoms with Gasteiger partial charge in [0.05, 0.1) is 0 Å². The number of nitrogens with one attached hydrogen (secondary N) is 1. The van der Waals surface area contributed by atoms with E-state index in [0.717, 1.165) is 5.92 Å². The second-order valence-electron chi connectivity index (χ2n) is 8.17. The Morgan fingerprint density at radius 1 is 1.08 bits per heavy atom. The molecule has 0 radical (unpaired) electrons. The van der Waals surface area contributed by atoms with Crippen LogP contribution in [0.4, 0.5) is 0 Å². The monoisotopic (exact) mass is 479 g/mol. The summed E-state index contributed by atoms with van der Waals surface area (Å²) in [6.07, 6.45) is 3.24. The Balaban J connectivity index is 0. The Morgan fingerprint density at radius 2 is 1.58 bits per heavy atom. The van der Waals surface area contributed by atoms with Crippen molar-refractivity contribution in [3.8, 4) is 0 Å². The van der Waals surface area contributed by atoms with Gasteiger partial charge in [-0.3, -0.25) is 5.32 Å². The summed E-state index contributed by atoms with van der Waals surface area (Å²) in [5.41, 5.74) is 0.950. The van der Waals surface area contributed by atoms with Crippen molar-refractivity contribution in [2.45, 2.75) is 65.6 Å². The molecule has 26 heavy (non-hydrogen) atoms. The summed E-state index contributed by atoms with van der Waals surface area (Å²) >= 11 is -0.826. The maximum atomic E-state index is 10.6. The number of hydrogen-bond acceptors (Lipinski definition) is 2. The molecule has 0 saturated heterocycles. The van der Waals surface area contributed by atoms with Crippen LogP contribution in [0.25, 0.3) is 0 Å². The van der Waals surface area contributed by atoms with Crippen LogP contribution in [-0.4, -0.2) is 11.3 Å². The van der Waals surface area contributed by atoms with Gasteiger partial charge in [-0.25, -0.2) is 0 Å². The second kappa shape index (κ2) is 12.9. The van der Waals surface area contributed by atoms with Crippen LogP contribution >= 0.6 is 17.0 Å². The molecule has 1 aliphatic carbocycles. The van der Waals surface area contributed by atoms with Crippen LogP contribution in [0, 0.1) is 32.1 Å².